The van der Waals surface area contributed by atoms with Crippen LogP contribution in [0, 0.1) is 11.3 Å². The Kier molecular flexibility index (Phi) is 4.82. The molecule has 1 fully saturated rings. The first-order chi connectivity index (χ1) is 7.05. The van der Waals surface area contributed by atoms with E-state index in [-0.39, 0.29) is 0 Å². The minimum absolute atomic E-state index is 0.352. The van der Waals surface area contributed by atoms with Crippen LogP contribution in [-0.4, -0.2) is 5.78 Å². The van der Waals surface area contributed by atoms with Gasteiger partial charge in [0.15, 0.2) is 0 Å². The lowest BCUT2D eigenvalue weighted by atomic mass is 9.80. The fourth-order valence-corrected chi connectivity index (χ4v) is 2.27. The molecule has 0 aliphatic heterocycles. The first-order valence-electron chi connectivity index (χ1n) is 6.58. The third-order valence-electron chi connectivity index (χ3n) is 4.07. The predicted octanol–water partition coefficient (Wildman–Crippen LogP) is 4.35. The highest BCUT2D eigenvalue weighted by molar-refractivity contribution is 5.81. The van der Waals surface area contributed by atoms with E-state index in [9.17, 15) is 4.79 Å². The van der Waals surface area contributed by atoms with E-state index in [1.165, 1.54) is 25.7 Å². The van der Waals surface area contributed by atoms with E-state index in [2.05, 4.69) is 20.8 Å². The van der Waals surface area contributed by atoms with Crippen molar-refractivity contribution >= 4 is 5.78 Å². The maximum absolute atomic E-state index is 12.0. The lowest BCUT2D eigenvalue weighted by molar-refractivity contribution is -0.124. The zero-order valence-corrected chi connectivity index (χ0v) is 10.6. The molecular formula is C14H26O. The lowest BCUT2D eigenvalue weighted by Crippen LogP contribution is -2.20. The van der Waals surface area contributed by atoms with Crippen LogP contribution >= 0.6 is 0 Å². The van der Waals surface area contributed by atoms with Crippen molar-refractivity contribution in [3.63, 3.8) is 0 Å². The van der Waals surface area contributed by atoms with Gasteiger partial charge in [-0.3, -0.25) is 4.79 Å². The Bertz CT molecular complexity index is 199. The Morgan fingerprint density at radius 3 is 2.33 bits per heavy atom. The predicted molar refractivity (Wildman–Crippen MR) is 64.9 cm³/mol. The average molecular weight is 210 g/mol. The van der Waals surface area contributed by atoms with Crippen molar-refractivity contribution in [2.24, 2.45) is 11.3 Å². The van der Waals surface area contributed by atoms with Crippen molar-refractivity contribution in [1.82, 2.24) is 0 Å². The highest BCUT2D eigenvalue weighted by Gasteiger charge is 2.23. The molecule has 0 spiro atoms. The third-order valence-corrected chi connectivity index (χ3v) is 4.07. The molecule has 1 saturated carbocycles. The maximum atomic E-state index is 12.0. The molecule has 15 heavy (non-hydrogen) atoms. The van der Waals surface area contributed by atoms with Gasteiger partial charge in [0.05, 0.1) is 0 Å². The second-order valence-electron chi connectivity index (χ2n) is 5.82. The fraction of sp³-hybridized carbons (Fsp3) is 0.929. The van der Waals surface area contributed by atoms with Crippen molar-refractivity contribution in [2.75, 3.05) is 0 Å². The molecule has 0 radical (unpaired) electrons. The Balaban J connectivity index is 2.28. The number of hydrogen-bond donors (Lipinski definition) is 0. The average Bonchev–Trinajstić information content (AvgIpc) is 2.27. The van der Waals surface area contributed by atoms with Gasteiger partial charge in [0.2, 0.25) is 0 Å². The Labute approximate surface area is 94.6 Å². The third kappa shape index (κ3) is 4.36. The molecule has 1 nitrogen and oxygen atoms in total. The molecule has 1 aliphatic carbocycles. The van der Waals surface area contributed by atoms with Gasteiger partial charge in [0.25, 0.3) is 0 Å². The van der Waals surface area contributed by atoms with Crippen LogP contribution in [-0.2, 0) is 4.79 Å². The minimum Gasteiger partial charge on any atom is -0.299 e. The molecule has 0 amide bonds. The summed E-state index contributed by atoms with van der Waals surface area (Å²) in [6.07, 6.45) is 9.25. The van der Waals surface area contributed by atoms with Crippen LogP contribution in [0.3, 0.4) is 0 Å². The van der Waals surface area contributed by atoms with Gasteiger partial charge >= 0.3 is 0 Å². The highest BCUT2D eigenvalue weighted by atomic mass is 16.1. The van der Waals surface area contributed by atoms with Gasteiger partial charge in [-0.25, -0.2) is 0 Å². The monoisotopic (exact) mass is 210 g/mol. The van der Waals surface area contributed by atoms with E-state index in [0.29, 0.717) is 17.1 Å². The lowest BCUT2D eigenvalue weighted by Gasteiger charge is -2.25. The van der Waals surface area contributed by atoms with Crippen molar-refractivity contribution in [1.29, 1.82) is 0 Å². The summed E-state index contributed by atoms with van der Waals surface area (Å²) in [5, 5.41) is 0. The summed E-state index contributed by atoms with van der Waals surface area (Å²) in [6.45, 7) is 6.74. The van der Waals surface area contributed by atoms with E-state index < -0.39 is 0 Å². The zero-order valence-electron chi connectivity index (χ0n) is 10.6. The molecule has 88 valence electrons. The quantitative estimate of drug-likeness (QED) is 0.659. The van der Waals surface area contributed by atoms with E-state index in [0.717, 1.165) is 25.7 Å². The molecule has 0 unspecified atom stereocenters. The first-order valence-corrected chi connectivity index (χ1v) is 6.58. The van der Waals surface area contributed by atoms with Crippen LogP contribution in [0.2, 0.25) is 0 Å². The second kappa shape index (κ2) is 5.67. The van der Waals surface area contributed by atoms with Crippen LogP contribution in [0.25, 0.3) is 0 Å². The number of carbonyl (C=O) groups excluding carboxylic acids is 1. The van der Waals surface area contributed by atoms with Crippen LogP contribution in [0.5, 0.6) is 0 Å². The molecule has 0 aromatic heterocycles. The van der Waals surface area contributed by atoms with E-state index in [4.69, 9.17) is 0 Å². The molecular weight excluding hydrogens is 184 g/mol. The molecule has 0 N–H and O–H groups in total. The van der Waals surface area contributed by atoms with Crippen molar-refractivity contribution < 1.29 is 4.79 Å². The molecule has 0 saturated heterocycles. The normalized spacial score (nSPS) is 19.1. The molecule has 1 rings (SSSR count). The van der Waals surface area contributed by atoms with E-state index in [1.54, 1.807) is 0 Å². The Morgan fingerprint density at radius 1 is 1.20 bits per heavy atom. The fourth-order valence-electron chi connectivity index (χ4n) is 2.27. The molecule has 0 atom stereocenters. The summed E-state index contributed by atoms with van der Waals surface area (Å²) in [7, 11) is 0. The molecule has 1 aliphatic rings. The number of hydrogen-bond acceptors (Lipinski definition) is 1. The number of carbonyl (C=O) groups is 1. The van der Waals surface area contributed by atoms with Gasteiger partial charge in [-0.1, -0.05) is 46.5 Å². The maximum Gasteiger partial charge on any atom is 0.135 e. The van der Waals surface area contributed by atoms with Gasteiger partial charge in [0, 0.05) is 12.3 Å². The van der Waals surface area contributed by atoms with Crippen LogP contribution in [0.1, 0.15) is 72.1 Å². The smallest absolute Gasteiger partial charge is 0.135 e. The second-order valence-corrected chi connectivity index (χ2v) is 5.82. The first kappa shape index (κ1) is 12.7. The standard InChI is InChI=1S/C14H26O/c1-4-14(2,3)11-10-13(15)12-8-6-5-7-9-12/h12H,4-11H2,1-3H3. The molecule has 1 heteroatoms. The summed E-state index contributed by atoms with van der Waals surface area (Å²) in [4.78, 5) is 12.0. The SMILES string of the molecule is CCC(C)(C)CCC(=O)C1CCCCC1. The van der Waals surface area contributed by atoms with Gasteiger partial charge in [-0.05, 0) is 24.7 Å². The molecule has 0 heterocycles. The summed E-state index contributed by atoms with van der Waals surface area (Å²) in [5.41, 5.74) is 0.352. The molecule has 0 bridgehead atoms. The van der Waals surface area contributed by atoms with Crippen molar-refractivity contribution in [2.45, 2.75) is 72.1 Å². The Hall–Kier alpha value is -0.330. The Morgan fingerprint density at radius 2 is 1.80 bits per heavy atom. The summed E-state index contributed by atoms with van der Waals surface area (Å²) in [6, 6.07) is 0. The van der Waals surface area contributed by atoms with Gasteiger partial charge in [0.1, 0.15) is 5.78 Å². The molecule has 0 aromatic carbocycles. The summed E-state index contributed by atoms with van der Waals surface area (Å²) >= 11 is 0. The topological polar surface area (TPSA) is 17.1 Å². The van der Waals surface area contributed by atoms with Gasteiger partial charge < -0.3 is 0 Å². The zero-order chi connectivity index (χ0) is 11.3. The van der Waals surface area contributed by atoms with Crippen molar-refractivity contribution in [3.8, 4) is 0 Å². The number of rotatable bonds is 5. The summed E-state index contributed by atoms with van der Waals surface area (Å²) in [5.74, 6) is 0.947. The number of Topliss-reactive ketones (excluding diaryl/α,β-unsaturated/α-hetero) is 1. The largest absolute Gasteiger partial charge is 0.299 e. The van der Waals surface area contributed by atoms with Crippen LogP contribution in [0.15, 0.2) is 0 Å². The minimum atomic E-state index is 0.352. The van der Waals surface area contributed by atoms with E-state index >= 15 is 0 Å². The van der Waals surface area contributed by atoms with Gasteiger partial charge in [-0.15, -0.1) is 0 Å². The van der Waals surface area contributed by atoms with Crippen LogP contribution < -0.4 is 0 Å². The van der Waals surface area contributed by atoms with E-state index in [1.807, 2.05) is 0 Å². The van der Waals surface area contributed by atoms with Crippen LogP contribution in [0.4, 0.5) is 0 Å². The van der Waals surface area contributed by atoms with Gasteiger partial charge in [-0.2, -0.15) is 0 Å². The molecule has 0 aromatic rings. The van der Waals surface area contributed by atoms with Crippen molar-refractivity contribution in [3.05, 3.63) is 0 Å². The summed E-state index contributed by atoms with van der Waals surface area (Å²) < 4.78 is 0. The highest BCUT2D eigenvalue weighted by Crippen LogP contribution is 2.30. The number of ketones is 1.